The number of nitrogens with zero attached hydrogens (tertiary/aromatic N) is 1. The first-order valence-corrected chi connectivity index (χ1v) is 22.6. The summed E-state index contributed by atoms with van der Waals surface area (Å²) in [7, 11) is 0. The average molecular weight is 1040 g/mol. The number of amides is 11. The van der Waals surface area contributed by atoms with E-state index in [9.17, 15) is 83.1 Å². The number of carboxylic acids is 1. The molecule has 1 heterocycles. The van der Waals surface area contributed by atoms with Crippen molar-refractivity contribution in [2.24, 2.45) is 17.2 Å². The van der Waals surface area contributed by atoms with E-state index in [1.165, 1.54) is 24.3 Å². The van der Waals surface area contributed by atoms with Gasteiger partial charge in [0.15, 0.2) is 6.04 Å². The standard InChI is InChI=1S/C38H62N14O18S/c1-15(29(60)46-22(8-27(41)59)34(65)52-28(16(2)57)38(69)70)44-31(62)19(4-5-71-3)45-33(64)21(7-26(40)58)48-36(67)24(12-55)51-37(68)25(13-56)50-32(63)20(6-17-9-42-14-43-17)47-35(66)23(11-54)49-30(61)18(39)10-53/h9,14-16,18-25,28,53-57H,4-8,10-13,39H2,1-3H3,(H2,40,58)(H2,41,59)(H,42,43)(H,44,62)(H,45,64)(H,46,60)(H,47,66)(H,48,67)(H,49,61)(H,50,63)(H,51,68)(H,52,65)(H,69,70)/t15-,16+,18-,19-,20-,21-,22-,23-,24-,25-,28-/m0/s1. The van der Waals surface area contributed by atoms with E-state index in [-0.39, 0.29) is 24.3 Å². The fourth-order valence-corrected chi connectivity index (χ4v) is 6.24. The third kappa shape index (κ3) is 21.6. The molecule has 22 N–H and O–H groups in total. The fourth-order valence-electron chi connectivity index (χ4n) is 5.77. The highest BCUT2D eigenvalue weighted by atomic mass is 32.2. The van der Waals surface area contributed by atoms with Gasteiger partial charge in [0, 0.05) is 12.6 Å². The van der Waals surface area contributed by atoms with Gasteiger partial charge in [-0.15, -0.1) is 0 Å². The van der Waals surface area contributed by atoms with Gasteiger partial charge in [-0.05, 0) is 32.3 Å². The number of primary amides is 2. The number of aromatic nitrogens is 2. The zero-order valence-electron chi connectivity index (χ0n) is 38.5. The predicted octanol–water partition coefficient (Wildman–Crippen LogP) is -11.4. The van der Waals surface area contributed by atoms with Crippen molar-refractivity contribution in [1.29, 1.82) is 0 Å². The lowest BCUT2D eigenvalue weighted by molar-refractivity contribution is -0.145. The first-order chi connectivity index (χ1) is 33.3. The number of aromatic amines is 1. The van der Waals surface area contributed by atoms with E-state index in [2.05, 4.69) is 47.2 Å². The number of aliphatic hydroxyl groups is 5. The molecule has 0 radical (unpaired) electrons. The number of carboxylic acid groups (broad SMARTS) is 1. The molecule has 1 aromatic rings. The summed E-state index contributed by atoms with van der Waals surface area (Å²) in [6, 6.07) is -17.2. The maximum atomic E-state index is 13.6. The molecular formula is C38H62N14O18S. The number of nitrogens with one attached hydrogen (secondary N) is 10. The van der Waals surface area contributed by atoms with E-state index < -0.39 is 177 Å². The number of aliphatic hydroxyl groups excluding tert-OH is 5. The Morgan fingerprint density at radius 2 is 0.972 bits per heavy atom. The summed E-state index contributed by atoms with van der Waals surface area (Å²) in [6.07, 6.45) is 0.346. The first kappa shape index (κ1) is 62.0. The van der Waals surface area contributed by atoms with Crippen molar-refractivity contribution in [2.75, 3.05) is 38.4 Å². The lowest BCUT2D eigenvalue weighted by Gasteiger charge is -2.27. The normalized spacial score (nSPS) is 15.6. The van der Waals surface area contributed by atoms with Crippen molar-refractivity contribution in [3.8, 4) is 0 Å². The van der Waals surface area contributed by atoms with Crippen LogP contribution in [0.4, 0.5) is 0 Å². The molecule has 0 aliphatic heterocycles. The van der Waals surface area contributed by atoms with Crippen LogP contribution in [0.25, 0.3) is 0 Å². The topological polar surface area (TPSA) is 541 Å². The molecule has 0 fully saturated rings. The van der Waals surface area contributed by atoms with E-state index in [1.54, 1.807) is 6.26 Å². The smallest absolute Gasteiger partial charge is 0.328 e. The minimum atomic E-state index is -1.96. The second kappa shape index (κ2) is 31.2. The summed E-state index contributed by atoms with van der Waals surface area (Å²) in [5, 5.41) is 77.3. The van der Waals surface area contributed by atoms with Crippen molar-refractivity contribution in [3.05, 3.63) is 18.2 Å². The molecule has 0 bridgehead atoms. The van der Waals surface area contributed by atoms with Crippen molar-refractivity contribution in [1.82, 2.24) is 57.8 Å². The summed E-state index contributed by atoms with van der Waals surface area (Å²) in [6.45, 7) is -1.95. The number of hydrogen-bond acceptors (Lipinski definition) is 20. The molecule has 32 nitrogen and oxygen atoms in total. The maximum absolute atomic E-state index is 13.6. The summed E-state index contributed by atoms with van der Waals surface area (Å²) in [4.78, 5) is 160. The molecule has 0 aliphatic rings. The summed E-state index contributed by atoms with van der Waals surface area (Å²) >= 11 is 1.21. The van der Waals surface area contributed by atoms with Gasteiger partial charge >= 0.3 is 5.97 Å². The third-order valence-corrected chi connectivity index (χ3v) is 10.3. The van der Waals surface area contributed by atoms with Crippen LogP contribution in [0, 0.1) is 0 Å². The minimum absolute atomic E-state index is 0.138. The molecule has 0 aliphatic carbocycles. The highest BCUT2D eigenvalue weighted by molar-refractivity contribution is 7.98. The van der Waals surface area contributed by atoms with Crippen LogP contribution in [-0.2, 0) is 64.0 Å². The number of carbonyl (C=O) groups excluding carboxylic acids is 11. The highest BCUT2D eigenvalue weighted by Gasteiger charge is 2.36. The molecule has 0 spiro atoms. The molecule has 11 atom stereocenters. The van der Waals surface area contributed by atoms with E-state index in [0.717, 1.165) is 13.8 Å². The van der Waals surface area contributed by atoms with Gasteiger partial charge in [-0.3, -0.25) is 52.7 Å². The molecular weight excluding hydrogens is 973 g/mol. The van der Waals surface area contributed by atoms with Crippen LogP contribution in [0.5, 0.6) is 0 Å². The number of carbonyl (C=O) groups is 12. The number of imidazole rings is 1. The number of rotatable bonds is 33. The SMILES string of the molecule is CSCC[C@H](NC(=O)[C@H](CC(N)=O)NC(=O)[C@H](CO)NC(=O)[C@H](CO)NC(=O)[C@H](Cc1c[nH]cn1)NC(=O)[C@H](CO)NC(=O)[C@@H](N)CO)C(=O)N[C@@H](C)C(=O)N[C@@H](CC(N)=O)C(=O)N[C@H](C(=O)O)[C@@H](C)O. The lowest BCUT2D eigenvalue weighted by atomic mass is 10.1. The van der Waals surface area contributed by atoms with Gasteiger partial charge in [0.25, 0.3) is 0 Å². The van der Waals surface area contributed by atoms with E-state index in [0.29, 0.717) is 0 Å². The zero-order valence-corrected chi connectivity index (χ0v) is 39.4. The van der Waals surface area contributed by atoms with Crippen LogP contribution in [-0.4, -0.2) is 217 Å². The molecule has 398 valence electrons. The molecule has 71 heavy (non-hydrogen) atoms. The van der Waals surface area contributed by atoms with E-state index >= 15 is 0 Å². The second-order valence-corrected chi connectivity index (χ2v) is 16.4. The van der Waals surface area contributed by atoms with Crippen LogP contribution in [0.3, 0.4) is 0 Å². The minimum Gasteiger partial charge on any atom is -0.480 e. The molecule has 11 amide bonds. The predicted molar refractivity (Wildman–Crippen MR) is 242 cm³/mol. The summed E-state index contributed by atoms with van der Waals surface area (Å²) < 4.78 is 0. The van der Waals surface area contributed by atoms with Crippen LogP contribution >= 0.6 is 11.8 Å². The third-order valence-electron chi connectivity index (χ3n) is 9.70. The summed E-state index contributed by atoms with van der Waals surface area (Å²) in [5.41, 5.74) is 16.1. The van der Waals surface area contributed by atoms with Crippen molar-refractivity contribution < 1.29 is 88.2 Å². The Bertz CT molecular complexity index is 2030. The molecule has 0 aromatic carbocycles. The maximum Gasteiger partial charge on any atom is 0.328 e. The Morgan fingerprint density at radius 3 is 1.38 bits per heavy atom. The van der Waals surface area contributed by atoms with E-state index in [4.69, 9.17) is 22.3 Å². The summed E-state index contributed by atoms with van der Waals surface area (Å²) in [5.74, 6) is -14.2. The van der Waals surface area contributed by atoms with E-state index in [1.807, 2.05) is 10.6 Å². The Hall–Kier alpha value is -7.04. The van der Waals surface area contributed by atoms with Gasteiger partial charge in [-0.25, -0.2) is 9.78 Å². The largest absolute Gasteiger partial charge is 0.480 e. The van der Waals surface area contributed by atoms with Gasteiger partial charge in [-0.2, -0.15) is 11.8 Å². The Balaban J connectivity index is 3.21. The molecule has 0 unspecified atom stereocenters. The Kier molecular flexibility index (Phi) is 27.3. The number of H-pyrrole nitrogens is 1. The van der Waals surface area contributed by atoms with Crippen molar-refractivity contribution in [2.45, 2.75) is 106 Å². The second-order valence-electron chi connectivity index (χ2n) is 15.4. The van der Waals surface area contributed by atoms with Crippen molar-refractivity contribution in [3.63, 3.8) is 0 Å². The van der Waals surface area contributed by atoms with Crippen LogP contribution in [0.15, 0.2) is 12.5 Å². The van der Waals surface area contributed by atoms with Gasteiger partial charge < -0.3 is 101 Å². The zero-order chi connectivity index (χ0) is 54.1. The fraction of sp³-hybridized carbons (Fsp3) is 0.605. The average Bonchev–Trinajstić information content (AvgIpc) is 3.83. The number of nitrogens with two attached hydrogens (primary N) is 3. The van der Waals surface area contributed by atoms with Gasteiger partial charge in [0.2, 0.25) is 65.0 Å². The van der Waals surface area contributed by atoms with Crippen LogP contribution in [0.2, 0.25) is 0 Å². The quantitative estimate of drug-likeness (QED) is 0.0311. The lowest BCUT2D eigenvalue weighted by Crippen LogP contribution is -2.62. The van der Waals surface area contributed by atoms with Gasteiger partial charge in [0.05, 0.1) is 57.4 Å². The molecule has 1 aromatic heterocycles. The molecule has 1 rings (SSSR count). The first-order valence-electron chi connectivity index (χ1n) is 21.2. The van der Waals surface area contributed by atoms with Gasteiger partial charge in [0.1, 0.15) is 54.4 Å². The molecule has 33 heteroatoms. The van der Waals surface area contributed by atoms with Crippen molar-refractivity contribution >= 4 is 82.7 Å². The number of aliphatic carboxylic acids is 1. The Morgan fingerprint density at radius 1 is 0.577 bits per heavy atom. The number of hydrogen-bond donors (Lipinski definition) is 19. The monoisotopic (exact) mass is 1030 g/mol. The highest BCUT2D eigenvalue weighted by Crippen LogP contribution is 2.06. The molecule has 0 saturated carbocycles. The van der Waals surface area contributed by atoms with Crippen LogP contribution in [0.1, 0.15) is 38.8 Å². The number of thioether (sulfide) groups is 1. The van der Waals surface area contributed by atoms with Gasteiger partial charge in [-0.1, -0.05) is 0 Å². The van der Waals surface area contributed by atoms with Crippen LogP contribution < -0.4 is 65.1 Å². The Labute approximate surface area is 407 Å². The molecule has 0 saturated heterocycles.